The molecule has 80 valence electrons. The Bertz CT molecular complexity index is 643. The van der Waals surface area contributed by atoms with Crippen LogP contribution in [0.15, 0.2) is 42.5 Å². The number of benzene rings is 2. The quantitative estimate of drug-likeness (QED) is 0.736. The Labute approximate surface area is 100 Å². The van der Waals surface area contributed by atoms with Crippen molar-refractivity contribution >= 4 is 0 Å². The fourth-order valence-electron chi connectivity index (χ4n) is 1.80. The summed E-state index contributed by atoms with van der Waals surface area (Å²) in [7, 11) is 0. The third kappa shape index (κ3) is 2.02. The maximum absolute atomic E-state index is 8.99. The summed E-state index contributed by atoms with van der Waals surface area (Å²) in [5.74, 6) is 0. The lowest BCUT2D eigenvalue weighted by Gasteiger charge is -2.06. The van der Waals surface area contributed by atoms with Crippen molar-refractivity contribution in [1.29, 1.82) is 10.5 Å². The molecule has 17 heavy (non-hydrogen) atoms. The lowest BCUT2D eigenvalue weighted by atomic mass is 9.97. The van der Waals surface area contributed by atoms with Crippen molar-refractivity contribution in [3.63, 3.8) is 0 Å². The van der Waals surface area contributed by atoms with Crippen LogP contribution in [0.1, 0.15) is 16.7 Å². The van der Waals surface area contributed by atoms with Gasteiger partial charge in [-0.05, 0) is 35.7 Å². The van der Waals surface area contributed by atoms with Crippen molar-refractivity contribution in [2.45, 2.75) is 6.92 Å². The van der Waals surface area contributed by atoms with Crippen LogP contribution in [-0.2, 0) is 0 Å². The lowest BCUT2D eigenvalue weighted by Crippen LogP contribution is -1.87. The van der Waals surface area contributed by atoms with Gasteiger partial charge in [-0.1, -0.05) is 30.3 Å². The first-order valence-corrected chi connectivity index (χ1v) is 5.26. The Balaban J connectivity index is 2.61. The van der Waals surface area contributed by atoms with Crippen molar-refractivity contribution in [1.82, 2.24) is 0 Å². The second-order valence-corrected chi connectivity index (χ2v) is 3.80. The topological polar surface area (TPSA) is 47.6 Å². The monoisotopic (exact) mass is 218 g/mol. The summed E-state index contributed by atoms with van der Waals surface area (Å²) in [4.78, 5) is 0. The van der Waals surface area contributed by atoms with E-state index in [-0.39, 0.29) is 0 Å². The van der Waals surface area contributed by atoms with Gasteiger partial charge < -0.3 is 0 Å². The molecule has 0 amide bonds. The Hall–Kier alpha value is -2.58. The molecular weight excluding hydrogens is 208 g/mol. The molecule has 0 aliphatic carbocycles. The third-order valence-electron chi connectivity index (χ3n) is 2.72. The van der Waals surface area contributed by atoms with Gasteiger partial charge in [-0.15, -0.1) is 0 Å². The molecule has 0 bridgehead atoms. The molecule has 0 N–H and O–H groups in total. The van der Waals surface area contributed by atoms with Gasteiger partial charge in [-0.2, -0.15) is 10.5 Å². The zero-order valence-corrected chi connectivity index (χ0v) is 9.44. The van der Waals surface area contributed by atoms with Gasteiger partial charge in [0.1, 0.15) is 12.1 Å². The summed E-state index contributed by atoms with van der Waals surface area (Å²) in [5.41, 5.74) is 4.06. The van der Waals surface area contributed by atoms with Crippen LogP contribution in [-0.4, -0.2) is 0 Å². The molecule has 0 fully saturated rings. The smallest absolute Gasteiger partial charge is 0.101 e. The Kier molecular flexibility index (Phi) is 2.90. The zero-order valence-electron chi connectivity index (χ0n) is 9.44. The van der Waals surface area contributed by atoms with Crippen LogP contribution < -0.4 is 0 Å². The Morgan fingerprint density at radius 1 is 0.882 bits per heavy atom. The normalized spacial score (nSPS) is 9.35. The number of nitriles is 2. The predicted molar refractivity (Wildman–Crippen MR) is 66.0 cm³/mol. The molecule has 0 atom stereocenters. The molecule has 0 aliphatic rings. The standard InChI is InChI=1S/C15H10N2/c1-11-4-2-3-5-15(11)12-6-7-13(9-16)14(8-12)10-17/h2-8H,1H3. The molecule has 2 aromatic carbocycles. The Morgan fingerprint density at radius 3 is 2.24 bits per heavy atom. The van der Waals surface area contributed by atoms with Crippen molar-refractivity contribution in [2.75, 3.05) is 0 Å². The molecule has 0 saturated carbocycles. The molecule has 0 aromatic heterocycles. The van der Waals surface area contributed by atoms with E-state index in [1.807, 2.05) is 43.3 Å². The number of aryl methyl sites for hydroxylation is 1. The van der Waals surface area contributed by atoms with Crippen LogP contribution in [0.2, 0.25) is 0 Å². The summed E-state index contributed by atoms with van der Waals surface area (Å²) in [6, 6.07) is 17.4. The first-order valence-electron chi connectivity index (χ1n) is 5.26. The molecular formula is C15H10N2. The van der Waals surface area contributed by atoms with Gasteiger partial charge in [0.25, 0.3) is 0 Å². The molecule has 0 spiro atoms. The van der Waals surface area contributed by atoms with Crippen molar-refractivity contribution in [3.05, 3.63) is 59.2 Å². The van der Waals surface area contributed by atoms with Crippen molar-refractivity contribution in [2.24, 2.45) is 0 Å². The van der Waals surface area contributed by atoms with Crippen molar-refractivity contribution in [3.8, 4) is 23.3 Å². The first kappa shape index (κ1) is 10.9. The molecule has 0 unspecified atom stereocenters. The largest absolute Gasteiger partial charge is 0.192 e. The van der Waals surface area contributed by atoms with Gasteiger partial charge in [0.2, 0.25) is 0 Å². The van der Waals surface area contributed by atoms with E-state index < -0.39 is 0 Å². The molecule has 2 nitrogen and oxygen atoms in total. The predicted octanol–water partition coefficient (Wildman–Crippen LogP) is 3.41. The molecule has 0 saturated heterocycles. The van der Waals surface area contributed by atoms with Gasteiger partial charge in [0.05, 0.1) is 11.1 Å². The molecule has 0 aliphatic heterocycles. The van der Waals surface area contributed by atoms with Crippen LogP contribution in [0.4, 0.5) is 0 Å². The van der Waals surface area contributed by atoms with E-state index in [0.717, 1.165) is 16.7 Å². The number of hydrogen-bond acceptors (Lipinski definition) is 2. The van der Waals surface area contributed by atoms with Crippen LogP contribution >= 0.6 is 0 Å². The highest BCUT2D eigenvalue weighted by Crippen LogP contribution is 2.25. The van der Waals surface area contributed by atoms with E-state index in [9.17, 15) is 0 Å². The molecule has 2 rings (SSSR count). The van der Waals surface area contributed by atoms with Crippen LogP contribution in [0.25, 0.3) is 11.1 Å². The fraction of sp³-hybridized carbons (Fsp3) is 0.0667. The highest BCUT2D eigenvalue weighted by Gasteiger charge is 2.05. The molecule has 2 aromatic rings. The van der Waals surface area contributed by atoms with E-state index >= 15 is 0 Å². The van der Waals surface area contributed by atoms with E-state index in [1.165, 1.54) is 0 Å². The van der Waals surface area contributed by atoms with Gasteiger partial charge in [0, 0.05) is 0 Å². The average molecular weight is 218 g/mol. The lowest BCUT2D eigenvalue weighted by molar-refractivity contribution is 1.41. The SMILES string of the molecule is Cc1ccccc1-c1ccc(C#N)c(C#N)c1. The van der Waals surface area contributed by atoms with Gasteiger partial charge in [-0.3, -0.25) is 0 Å². The molecule has 0 heterocycles. The summed E-state index contributed by atoms with van der Waals surface area (Å²) < 4.78 is 0. The number of nitrogens with zero attached hydrogens (tertiary/aromatic N) is 2. The number of rotatable bonds is 1. The molecule has 0 radical (unpaired) electrons. The first-order chi connectivity index (χ1) is 8.26. The summed E-state index contributed by atoms with van der Waals surface area (Å²) in [6.07, 6.45) is 0. The minimum absolute atomic E-state index is 0.421. The van der Waals surface area contributed by atoms with Gasteiger partial charge in [0.15, 0.2) is 0 Å². The number of hydrogen-bond donors (Lipinski definition) is 0. The highest BCUT2D eigenvalue weighted by molar-refractivity contribution is 5.70. The van der Waals surface area contributed by atoms with Crippen molar-refractivity contribution < 1.29 is 0 Å². The van der Waals surface area contributed by atoms with Gasteiger partial charge in [-0.25, -0.2) is 0 Å². The minimum Gasteiger partial charge on any atom is -0.192 e. The van der Waals surface area contributed by atoms with E-state index in [4.69, 9.17) is 10.5 Å². The fourth-order valence-corrected chi connectivity index (χ4v) is 1.80. The maximum atomic E-state index is 8.99. The van der Waals surface area contributed by atoms with Crippen LogP contribution in [0, 0.1) is 29.6 Å². The summed E-state index contributed by atoms with van der Waals surface area (Å²) in [6.45, 7) is 2.03. The average Bonchev–Trinajstić information content (AvgIpc) is 2.38. The summed E-state index contributed by atoms with van der Waals surface area (Å²) in [5, 5.41) is 17.9. The minimum atomic E-state index is 0.421. The van der Waals surface area contributed by atoms with E-state index in [2.05, 4.69) is 6.07 Å². The summed E-state index contributed by atoms with van der Waals surface area (Å²) >= 11 is 0. The second kappa shape index (κ2) is 4.51. The van der Waals surface area contributed by atoms with E-state index in [1.54, 1.807) is 12.1 Å². The van der Waals surface area contributed by atoms with Crippen LogP contribution in [0.5, 0.6) is 0 Å². The molecule has 2 heteroatoms. The second-order valence-electron chi connectivity index (χ2n) is 3.80. The third-order valence-corrected chi connectivity index (χ3v) is 2.72. The Morgan fingerprint density at radius 2 is 1.59 bits per heavy atom. The van der Waals surface area contributed by atoms with E-state index in [0.29, 0.717) is 11.1 Å². The highest BCUT2D eigenvalue weighted by atomic mass is 14.3. The van der Waals surface area contributed by atoms with Gasteiger partial charge >= 0.3 is 0 Å². The zero-order chi connectivity index (χ0) is 12.3. The van der Waals surface area contributed by atoms with Crippen LogP contribution in [0.3, 0.4) is 0 Å². The maximum Gasteiger partial charge on any atom is 0.101 e.